The molecule has 152 valence electrons. The number of rotatable bonds is 6. The molecule has 3 rings (SSSR count). The van der Waals surface area contributed by atoms with Crippen LogP contribution in [-0.4, -0.2) is 46.8 Å². The smallest absolute Gasteiger partial charge is 0.329 e. The summed E-state index contributed by atoms with van der Waals surface area (Å²) in [5.74, 6) is -1.48. The number of carbonyl (C=O) groups excluding carboxylic acids is 3. The molecular formula is C19H19N3O6S. The lowest BCUT2D eigenvalue weighted by atomic mass is 10.2. The van der Waals surface area contributed by atoms with Crippen LogP contribution >= 0.6 is 11.3 Å². The molecule has 0 bridgehead atoms. The molecule has 2 amide bonds. The van der Waals surface area contributed by atoms with Crippen LogP contribution in [0.1, 0.15) is 28.1 Å². The lowest BCUT2D eigenvalue weighted by molar-refractivity contribution is -0.384. The quantitative estimate of drug-likeness (QED) is 0.439. The van der Waals surface area contributed by atoms with E-state index in [1.165, 1.54) is 34.4 Å². The molecule has 1 aliphatic rings. The summed E-state index contributed by atoms with van der Waals surface area (Å²) >= 11 is 1.30. The Balaban J connectivity index is 1.57. The van der Waals surface area contributed by atoms with Crippen LogP contribution in [0.5, 0.6) is 0 Å². The van der Waals surface area contributed by atoms with Gasteiger partial charge in [-0.1, -0.05) is 12.1 Å². The number of aryl methyl sites for hydroxylation is 1. The van der Waals surface area contributed by atoms with Gasteiger partial charge in [-0.2, -0.15) is 0 Å². The van der Waals surface area contributed by atoms with Crippen LogP contribution in [-0.2, 0) is 14.3 Å². The third-order valence-corrected chi connectivity index (χ3v) is 5.43. The van der Waals surface area contributed by atoms with E-state index in [1.807, 2.05) is 0 Å². The summed E-state index contributed by atoms with van der Waals surface area (Å²) in [4.78, 5) is 49.4. The maximum Gasteiger partial charge on any atom is 0.329 e. The highest BCUT2D eigenvalue weighted by atomic mass is 32.1. The first-order chi connectivity index (χ1) is 13.9. The molecule has 10 heteroatoms. The molecule has 0 radical (unpaired) electrons. The Morgan fingerprint density at radius 3 is 2.83 bits per heavy atom. The summed E-state index contributed by atoms with van der Waals surface area (Å²) in [6, 6.07) is 6.84. The number of nitrogens with zero attached hydrogens (tertiary/aromatic N) is 2. The number of benzene rings is 1. The fraction of sp³-hybridized carbons (Fsp3) is 0.316. The van der Waals surface area contributed by atoms with Crippen molar-refractivity contribution in [2.75, 3.05) is 18.5 Å². The summed E-state index contributed by atoms with van der Waals surface area (Å²) in [5, 5.41) is 15.2. The van der Waals surface area contributed by atoms with Gasteiger partial charge in [-0.15, -0.1) is 11.3 Å². The minimum Gasteiger partial charge on any atom is -0.454 e. The molecule has 9 nitrogen and oxygen atoms in total. The van der Waals surface area contributed by atoms with Crippen LogP contribution in [0.15, 0.2) is 35.7 Å². The number of carbonyl (C=O) groups is 3. The molecule has 2 heterocycles. The number of likely N-dealkylation sites (tertiary alicyclic amines) is 1. The van der Waals surface area contributed by atoms with Crippen molar-refractivity contribution in [3.63, 3.8) is 0 Å². The van der Waals surface area contributed by atoms with E-state index in [0.29, 0.717) is 29.8 Å². The largest absolute Gasteiger partial charge is 0.454 e. The first-order valence-corrected chi connectivity index (χ1v) is 9.81. The number of non-ortho nitro benzene ring substituents is 1. The van der Waals surface area contributed by atoms with E-state index >= 15 is 0 Å². The summed E-state index contributed by atoms with van der Waals surface area (Å²) < 4.78 is 5.10. The van der Waals surface area contributed by atoms with Gasteiger partial charge in [-0.3, -0.25) is 19.7 Å². The van der Waals surface area contributed by atoms with Crippen LogP contribution in [0.2, 0.25) is 0 Å². The van der Waals surface area contributed by atoms with Crippen molar-refractivity contribution in [2.24, 2.45) is 0 Å². The third kappa shape index (κ3) is 4.77. The first kappa shape index (κ1) is 20.5. The molecule has 0 spiro atoms. The zero-order valence-electron chi connectivity index (χ0n) is 15.6. The Hall–Kier alpha value is -3.27. The Morgan fingerprint density at radius 2 is 2.14 bits per heavy atom. The summed E-state index contributed by atoms with van der Waals surface area (Å²) in [5.41, 5.74) is 0.756. The van der Waals surface area contributed by atoms with Gasteiger partial charge in [0.1, 0.15) is 6.04 Å². The van der Waals surface area contributed by atoms with E-state index in [9.17, 15) is 24.5 Å². The number of nitro groups is 1. The lowest BCUT2D eigenvalue weighted by Gasteiger charge is -2.22. The molecule has 1 aromatic heterocycles. The Bertz CT molecular complexity index is 943. The van der Waals surface area contributed by atoms with E-state index in [1.54, 1.807) is 24.4 Å². The molecule has 1 N–H and O–H groups in total. The second kappa shape index (κ2) is 8.82. The maximum atomic E-state index is 12.5. The van der Waals surface area contributed by atoms with Crippen molar-refractivity contribution in [2.45, 2.75) is 25.8 Å². The second-order valence-electron chi connectivity index (χ2n) is 6.55. The number of hydrogen-bond acceptors (Lipinski definition) is 7. The van der Waals surface area contributed by atoms with Crippen molar-refractivity contribution < 1.29 is 24.0 Å². The molecule has 1 atom stereocenters. The molecule has 29 heavy (non-hydrogen) atoms. The van der Waals surface area contributed by atoms with Gasteiger partial charge in [0.2, 0.25) is 0 Å². The topological polar surface area (TPSA) is 119 Å². The SMILES string of the molecule is Cc1ccc([N+](=O)[O-])cc1NC(=O)COC(=O)[C@@H]1CCCN1C(=O)c1cccs1. The van der Waals surface area contributed by atoms with Crippen molar-refractivity contribution in [1.29, 1.82) is 0 Å². The zero-order chi connectivity index (χ0) is 21.0. The Labute approximate surface area is 170 Å². The standard InChI is InChI=1S/C19H19N3O6S/c1-12-6-7-13(22(26)27)10-14(12)20-17(23)11-28-19(25)15-4-2-8-21(15)18(24)16-5-3-9-29-16/h3,5-7,9-10,15H,2,4,8,11H2,1H3,(H,20,23)/t15-/m0/s1. The van der Waals surface area contributed by atoms with Crippen molar-refractivity contribution in [3.8, 4) is 0 Å². The molecule has 2 aromatic rings. The highest BCUT2D eigenvalue weighted by molar-refractivity contribution is 7.12. The minimum absolute atomic E-state index is 0.156. The monoisotopic (exact) mass is 417 g/mol. The van der Waals surface area contributed by atoms with E-state index < -0.39 is 29.4 Å². The van der Waals surface area contributed by atoms with Crippen LogP contribution in [0.4, 0.5) is 11.4 Å². The summed E-state index contributed by atoms with van der Waals surface area (Å²) in [6.07, 6.45) is 1.15. The Morgan fingerprint density at radius 1 is 1.34 bits per heavy atom. The van der Waals surface area contributed by atoms with Crippen molar-refractivity contribution >= 4 is 40.5 Å². The average molecular weight is 417 g/mol. The van der Waals surface area contributed by atoms with Crippen LogP contribution < -0.4 is 5.32 Å². The maximum absolute atomic E-state index is 12.5. The van der Waals surface area contributed by atoms with Gasteiger partial charge in [0.05, 0.1) is 15.5 Å². The number of nitrogens with one attached hydrogen (secondary N) is 1. The molecule has 1 aromatic carbocycles. The van der Waals surface area contributed by atoms with E-state index in [0.717, 1.165) is 0 Å². The summed E-state index contributed by atoms with van der Waals surface area (Å²) in [7, 11) is 0. The molecule has 0 aliphatic carbocycles. The molecule has 0 saturated carbocycles. The molecule has 1 fully saturated rings. The fourth-order valence-corrected chi connectivity index (χ4v) is 3.75. The zero-order valence-corrected chi connectivity index (χ0v) is 16.4. The first-order valence-electron chi connectivity index (χ1n) is 8.93. The van der Waals surface area contributed by atoms with E-state index in [2.05, 4.69) is 5.32 Å². The number of ether oxygens (including phenoxy) is 1. The van der Waals surface area contributed by atoms with Gasteiger partial charge >= 0.3 is 5.97 Å². The van der Waals surface area contributed by atoms with Crippen LogP contribution in [0.25, 0.3) is 0 Å². The van der Waals surface area contributed by atoms with Crippen molar-refractivity contribution in [3.05, 3.63) is 56.3 Å². The third-order valence-electron chi connectivity index (χ3n) is 4.57. The normalized spacial score (nSPS) is 15.8. The highest BCUT2D eigenvalue weighted by Crippen LogP contribution is 2.24. The number of thiophene rings is 1. The average Bonchev–Trinajstić information content (AvgIpc) is 3.39. The van der Waals surface area contributed by atoms with E-state index in [4.69, 9.17) is 4.74 Å². The summed E-state index contributed by atoms with van der Waals surface area (Å²) in [6.45, 7) is 1.60. The number of esters is 1. The Kier molecular flexibility index (Phi) is 6.23. The van der Waals surface area contributed by atoms with Gasteiger partial charge in [0.15, 0.2) is 6.61 Å². The number of hydrogen-bond donors (Lipinski definition) is 1. The predicted molar refractivity (Wildman–Crippen MR) is 106 cm³/mol. The highest BCUT2D eigenvalue weighted by Gasteiger charge is 2.36. The van der Waals surface area contributed by atoms with Gasteiger partial charge in [0, 0.05) is 18.7 Å². The fourth-order valence-electron chi connectivity index (χ4n) is 3.07. The molecule has 1 saturated heterocycles. The van der Waals surface area contributed by atoms with Crippen LogP contribution in [0.3, 0.4) is 0 Å². The molecular weight excluding hydrogens is 398 g/mol. The van der Waals surface area contributed by atoms with Gasteiger partial charge in [-0.05, 0) is 36.8 Å². The minimum atomic E-state index is -0.725. The number of anilines is 1. The van der Waals surface area contributed by atoms with Crippen molar-refractivity contribution in [1.82, 2.24) is 4.90 Å². The molecule has 1 aliphatic heterocycles. The lowest BCUT2D eigenvalue weighted by Crippen LogP contribution is -2.41. The van der Waals surface area contributed by atoms with Gasteiger partial charge in [-0.25, -0.2) is 4.79 Å². The number of amides is 2. The van der Waals surface area contributed by atoms with E-state index in [-0.39, 0.29) is 17.3 Å². The van der Waals surface area contributed by atoms with Gasteiger partial charge in [0.25, 0.3) is 17.5 Å². The van der Waals surface area contributed by atoms with Crippen LogP contribution in [0, 0.1) is 17.0 Å². The molecule has 0 unspecified atom stereocenters. The van der Waals surface area contributed by atoms with Gasteiger partial charge < -0.3 is 15.0 Å². The number of nitro benzene ring substituents is 1. The predicted octanol–water partition coefficient (Wildman–Crippen LogP) is 2.75. The second-order valence-corrected chi connectivity index (χ2v) is 7.49.